The van der Waals surface area contributed by atoms with Gasteiger partial charge in [0.1, 0.15) is 11.1 Å². The molecule has 0 saturated carbocycles. The van der Waals surface area contributed by atoms with Crippen LogP contribution in [0.5, 0.6) is 0 Å². The average molecular weight is 436 g/mol. The number of aryl methyl sites for hydroxylation is 1. The highest BCUT2D eigenvalue weighted by atomic mass is 32.1. The van der Waals surface area contributed by atoms with Crippen molar-refractivity contribution in [1.29, 1.82) is 0 Å². The molecule has 0 bridgehead atoms. The van der Waals surface area contributed by atoms with Gasteiger partial charge >= 0.3 is 5.63 Å². The van der Waals surface area contributed by atoms with Crippen LogP contribution in [-0.2, 0) is 7.05 Å². The van der Waals surface area contributed by atoms with Crippen LogP contribution in [0, 0.1) is 0 Å². The zero-order valence-corrected chi connectivity index (χ0v) is 17.8. The Morgan fingerprint density at radius 2 is 1.56 bits per heavy atom. The summed E-state index contributed by atoms with van der Waals surface area (Å²) in [5, 5.41) is 4.85. The van der Waals surface area contributed by atoms with Gasteiger partial charge < -0.3 is 8.98 Å². The van der Waals surface area contributed by atoms with E-state index < -0.39 is 11.5 Å². The van der Waals surface area contributed by atoms with Crippen LogP contribution >= 0.6 is 11.3 Å². The molecule has 0 unspecified atom stereocenters. The minimum Gasteiger partial charge on any atom is -0.422 e. The van der Waals surface area contributed by atoms with Gasteiger partial charge in [-0.15, -0.1) is 0 Å². The molecule has 6 aromatic rings. The smallest absolute Gasteiger partial charge is 0.349 e. The van der Waals surface area contributed by atoms with Crippen molar-refractivity contribution in [3.05, 3.63) is 99.6 Å². The van der Waals surface area contributed by atoms with Crippen LogP contribution in [0.4, 0.5) is 0 Å². The highest BCUT2D eigenvalue weighted by Crippen LogP contribution is 2.27. The third-order valence-corrected chi connectivity index (χ3v) is 6.85. The topological polar surface area (TPSA) is 64.6 Å². The summed E-state index contributed by atoms with van der Waals surface area (Å²) < 4.78 is 8.39. The molecule has 4 aromatic carbocycles. The molecule has 0 aliphatic heterocycles. The summed E-state index contributed by atoms with van der Waals surface area (Å²) in [5.74, 6) is -0.611. The summed E-state index contributed by atoms with van der Waals surface area (Å²) in [5.41, 5.74) is 0.701. The number of aromatic nitrogens is 1. The van der Waals surface area contributed by atoms with Crippen molar-refractivity contribution in [3.63, 3.8) is 0 Å². The van der Waals surface area contributed by atoms with E-state index in [-0.39, 0.29) is 5.56 Å². The van der Waals surface area contributed by atoms with Gasteiger partial charge in [-0.05, 0) is 34.4 Å². The summed E-state index contributed by atoms with van der Waals surface area (Å²) in [7, 11) is 1.88. The van der Waals surface area contributed by atoms with Gasteiger partial charge in [0, 0.05) is 17.8 Å². The molecule has 0 spiro atoms. The summed E-state index contributed by atoms with van der Waals surface area (Å²) in [6.07, 6.45) is 0. The van der Waals surface area contributed by atoms with Gasteiger partial charge in [-0.3, -0.25) is 4.79 Å². The number of nitrogens with zero attached hydrogens (tertiary/aromatic N) is 2. The fraction of sp³-hybridized carbons (Fsp3) is 0.0385. The maximum Gasteiger partial charge on any atom is 0.349 e. The van der Waals surface area contributed by atoms with Gasteiger partial charge in [-0.25, -0.2) is 4.79 Å². The molecule has 154 valence electrons. The Kier molecular flexibility index (Phi) is 4.10. The zero-order valence-electron chi connectivity index (χ0n) is 17.0. The van der Waals surface area contributed by atoms with E-state index in [1.54, 1.807) is 12.1 Å². The Morgan fingerprint density at radius 1 is 0.875 bits per heavy atom. The summed E-state index contributed by atoms with van der Waals surface area (Å²) in [6, 6.07) is 25.2. The third kappa shape index (κ3) is 2.81. The fourth-order valence-corrected chi connectivity index (χ4v) is 5.22. The molecule has 0 fully saturated rings. The normalized spacial score (nSPS) is 12.3. The number of hydrogen-bond donors (Lipinski definition) is 0. The molecule has 0 radical (unpaired) electrons. The number of hydrogen-bond acceptors (Lipinski definition) is 4. The Hall–Kier alpha value is -4.03. The number of benzene rings is 4. The average Bonchev–Trinajstić information content (AvgIpc) is 3.14. The molecule has 1 amide bonds. The van der Waals surface area contributed by atoms with Crippen molar-refractivity contribution in [3.8, 4) is 0 Å². The summed E-state index contributed by atoms with van der Waals surface area (Å²) in [4.78, 5) is 30.5. The van der Waals surface area contributed by atoms with Crippen LogP contribution < -0.4 is 10.4 Å². The third-order valence-electron chi connectivity index (χ3n) is 5.76. The van der Waals surface area contributed by atoms with Gasteiger partial charge in [0.25, 0.3) is 5.91 Å². The highest BCUT2D eigenvalue weighted by Gasteiger charge is 2.16. The quantitative estimate of drug-likeness (QED) is 0.256. The predicted molar refractivity (Wildman–Crippen MR) is 128 cm³/mol. The van der Waals surface area contributed by atoms with Crippen LogP contribution in [0.1, 0.15) is 10.4 Å². The minimum atomic E-state index is -0.684. The van der Waals surface area contributed by atoms with Crippen LogP contribution in [-0.4, -0.2) is 10.5 Å². The zero-order chi connectivity index (χ0) is 21.8. The van der Waals surface area contributed by atoms with E-state index in [0.717, 1.165) is 31.8 Å². The molecule has 0 N–H and O–H groups in total. The Bertz CT molecular complexity index is 1840. The minimum absolute atomic E-state index is 0.0730. The van der Waals surface area contributed by atoms with Gasteiger partial charge in [-0.2, -0.15) is 4.99 Å². The predicted octanol–water partition coefficient (Wildman–Crippen LogP) is 5.39. The summed E-state index contributed by atoms with van der Waals surface area (Å²) in [6.45, 7) is 0. The van der Waals surface area contributed by atoms with Crippen molar-refractivity contribution >= 4 is 60.0 Å². The molecule has 6 heteroatoms. The van der Waals surface area contributed by atoms with Gasteiger partial charge in [0.15, 0.2) is 4.80 Å². The Labute approximate surface area is 185 Å². The van der Waals surface area contributed by atoms with E-state index in [1.807, 2.05) is 60.1 Å². The molecule has 0 atom stereocenters. The number of rotatable bonds is 1. The maximum atomic E-state index is 13.1. The van der Waals surface area contributed by atoms with Crippen LogP contribution in [0.2, 0.25) is 0 Å². The maximum absolute atomic E-state index is 13.1. The standard InChI is InChI=1S/C26H16N2O3S/c1-28-23-18-9-5-3-7-16(18)11-13-22(23)32-26(28)27-24(29)20-14-19-17-8-4-2-6-15(17)10-12-21(19)31-25(20)30/h2-14H,1H3. The molecule has 6 rings (SSSR count). The van der Waals surface area contributed by atoms with E-state index in [2.05, 4.69) is 23.2 Å². The van der Waals surface area contributed by atoms with Gasteiger partial charge in [0.05, 0.1) is 10.2 Å². The molecule has 0 aliphatic rings. The second-order valence-corrected chi connectivity index (χ2v) is 8.65. The lowest BCUT2D eigenvalue weighted by molar-refractivity contribution is 0.0994. The van der Waals surface area contributed by atoms with Crippen LogP contribution in [0.15, 0.2) is 93.1 Å². The van der Waals surface area contributed by atoms with Crippen molar-refractivity contribution in [1.82, 2.24) is 4.57 Å². The molecule has 0 aliphatic carbocycles. The largest absolute Gasteiger partial charge is 0.422 e. The second kappa shape index (κ2) is 7.00. The number of carbonyl (C=O) groups is 1. The lowest BCUT2D eigenvalue weighted by Gasteiger charge is -2.04. The monoisotopic (exact) mass is 436 g/mol. The second-order valence-electron chi connectivity index (χ2n) is 7.64. The first-order valence-corrected chi connectivity index (χ1v) is 10.9. The van der Waals surface area contributed by atoms with E-state index in [1.165, 1.54) is 11.3 Å². The van der Waals surface area contributed by atoms with Crippen molar-refractivity contribution in [2.45, 2.75) is 0 Å². The first-order valence-electron chi connectivity index (χ1n) is 10.1. The van der Waals surface area contributed by atoms with Crippen molar-refractivity contribution in [2.24, 2.45) is 12.0 Å². The first kappa shape index (κ1) is 18.7. The SMILES string of the molecule is Cn1c(=NC(=O)c2cc3c(ccc4ccccc43)oc2=O)sc2ccc3ccccc3c21. The van der Waals surface area contributed by atoms with E-state index >= 15 is 0 Å². The molecule has 2 aromatic heterocycles. The molecular formula is C26H16N2O3S. The van der Waals surface area contributed by atoms with Gasteiger partial charge in [-0.1, -0.05) is 72.0 Å². The molecule has 32 heavy (non-hydrogen) atoms. The van der Waals surface area contributed by atoms with E-state index in [9.17, 15) is 9.59 Å². The molecule has 0 saturated heterocycles. The number of carbonyl (C=O) groups excluding carboxylic acids is 1. The highest BCUT2D eigenvalue weighted by molar-refractivity contribution is 7.16. The van der Waals surface area contributed by atoms with Crippen molar-refractivity contribution < 1.29 is 9.21 Å². The van der Waals surface area contributed by atoms with E-state index in [0.29, 0.717) is 15.8 Å². The Balaban J connectivity index is 1.56. The fourth-order valence-electron chi connectivity index (χ4n) is 4.19. The number of thiazole rings is 1. The summed E-state index contributed by atoms with van der Waals surface area (Å²) >= 11 is 1.42. The molecule has 2 heterocycles. The van der Waals surface area contributed by atoms with Crippen LogP contribution in [0.25, 0.3) is 42.7 Å². The Morgan fingerprint density at radius 3 is 2.38 bits per heavy atom. The van der Waals surface area contributed by atoms with Crippen molar-refractivity contribution in [2.75, 3.05) is 0 Å². The first-order chi connectivity index (χ1) is 15.6. The lowest BCUT2D eigenvalue weighted by Crippen LogP contribution is -2.18. The van der Waals surface area contributed by atoms with Crippen LogP contribution in [0.3, 0.4) is 0 Å². The van der Waals surface area contributed by atoms with Gasteiger partial charge in [0.2, 0.25) is 0 Å². The lowest BCUT2D eigenvalue weighted by atomic mass is 10.0. The van der Waals surface area contributed by atoms with E-state index in [4.69, 9.17) is 4.42 Å². The molecular weight excluding hydrogens is 420 g/mol. The number of fused-ring (bicyclic) bond motifs is 6. The molecule has 5 nitrogen and oxygen atoms in total. The number of amides is 1.